The number of hydrogen-bond acceptors (Lipinski definition) is 9. The molecule has 9 N–H and O–H groups in total. The van der Waals surface area contributed by atoms with Crippen molar-refractivity contribution in [3.05, 3.63) is 83.7 Å². The number of halogens is 3. The maximum atomic E-state index is 15.3. The van der Waals surface area contributed by atoms with E-state index in [0.717, 1.165) is 23.8 Å². The van der Waals surface area contributed by atoms with Crippen molar-refractivity contribution in [3.63, 3.8) is 0 Å². The molecule has 0 aliphatic carbocycles. The van der Waals surface area contributed by atoms with Crippen LogP contribution in [0, 0.1) is 17.0 Å². The molecule has 21 heteroatoms. The second-order valence-corrected chi connectivity index (χ2v) is 16.9. The first-order chi connectivity index (χ1) is 30.6. The van der Waals surface area contributed by atoms with E-state index in [1.165, 1.54) is 18.7 Å². The number of nitrogens with two attached hydrogens (primary N) is 1. The van der Waals surface area contributed by atoms with E-state index < -0.39 is 102 Å². The fraction of sp³-hybridized carbons (Fsp3) is 0.455. The number of rotatable bonds is 24. The SMILES string of the molecule is CC(=O)NCC(=O)NC(C)C(=O)NC(CC(N)=O)C(=O)NC(CCN(C(=O)CO)C(c1cc(-c2cc(F)ccc2F)cn1Cc1ccccc1)C(C)(C)C)C(=O)NCCCNC(=O)CBr. The van der Waals surface area contributed by atoms with Crippen molar-refractivity contribution in [2.75, 3.05) is 38.1 Å². The van der Waals surface area contributed by atoms with Crippen LogP contribution in [0.2, 0.25) is 0 Å². The number of amides is 8. The minimum atomic E-state index is -1.65. The topological polar surface area (TPSA) is 263 Å². The van der Waals surface area contributed by atoms with Gasteiger partial charge in [-0.2, -0.15) is 0 Å². The molecule has 354 valence electrons. The normalized spacial score (nSPS) is 13.0. The Morgan fingerprint density at radius 2 is 1.51 bits per heavy atom. The van der Waals surface area contributed by atoms with Crippen LogP contribution in [-0.2, 0) is 44.9 Å². The molecule has 0 spiro atoms. The average Bonchev–Trinajstić information content (AvgIpc) is 3.65. The molecule has 0 fully saturated rings. The number of hydrogen-bond donors (Lipinski definition) is 8. The van der Waals surface area contributed by atoms with Gasteiger partial charge in [0.05, 0.1) is 24.3 Å². The summed E-state index contributed by atoms with van der Waals surface area (Å²) in [6, 6.07) is 8.68. The first-order valence-corrected chi connectivity index (χ1v) is 21.9. The Bertz CT molecular complexity index is 2170. The molecule has 0 saturated carbocycles. The molecule has 65 heavy (non-hydrogen) atoms. The van der Waals surface area contributed by atoms with E-state index in [-0.39, 0.29) is 55.8 Å². The van der Waals surface area contributed by atoms with Crippen LogP contribution >= 0.6 is 15.9 Å². The largest absolute Gasteiger partial charge is 0.387 e. The summed E-state index contributed by atoms with van der Waals surface area (Å²) >= 11 is 3.05. The molecule has 4 atom stereocenters. The number of nitrogens with zero attached hydrogens (tertiary/aromatic N) is 2. The molecule has 4 unspecified atom stereocenters. The van der Waals surface area contributed by atoms with E-state index in [0.29, 0.717) is 11.3 Å². The quantitative estimate of drug-likeness (QED) is 0.0475. The summed E-state index contributed by atoms with van der Waals surface area (Å²) in [5.41, 5.74) is 6.19. The molecule has 0 radical (unpaired) electrons. The van der Waals surface area contributed by atoms with E-state index in [2.05, 4.69) is 47.8 Å². The van der Waals surface area contributed by atoms with Gasteiger partial charge < -0.3 is 52.2 Å². The Morgan fingerprint density at radius 1 is 0.846 bits per heavy atom. The third kappa shape index (κ3) is 17.0. The second-order valence-electron chi connectivity index (χ2n) is 16.3. The Labute approximate surface area is 384 Å². The maximum absolute atomic E-state index is 15.3. The smallest absolute Gasteiger partial charge is 0.248 e. The molecule has 0 aliphatic rings. The second kappa shape index (κ2) is 25.3. The number of aliphatic hydroxyl groups excluding tert-OH is 1. The van der Waals surface area contributed by atoms with Crippen molar-refractivity contribution in [2.24, 2.45) is 11.1 Å². The Hall–Kier alpha value is -6.22. The summed E-state index contributed by atoms with van der Waals surface area (Å²) in [5.74, 6) is -7.28. The first kappa shape index (κ1) is 53.1. The van der Waals surface area contributed by atoms with Crippen LogP contribution in [0.25, 0.3) is 11.1 Å². The summed E-state index contributed by atoms with van der Waals surface area (Å²) in [6.07, 6.45) is 0.901. The van der Waals surface area contributed by atoms with Crippen molar-refractivity contribution in [2.45, 2.75) is 84.6 Å². The standard InChI is InChI=1S/C44H58BrF2N9O9/c1-26(52-38(61)22-51-27(2)58)41(63)54-34(20-36(48)59)43(65)53-33(42(64)50-16-9-15-49-37(60)21-45)14-17-56(39(62)25-57)40(44(3,4)5)35-18-29(31-19-30(46)12-13-32(31)47)24-55(35)23-28-10-7-6-8-11-28/h6-8,10-13,18-19,24,26,33-34,40,57H,9,14-17,20-23,25H2,1-5H3,(H2,48,59)(H,49,60)(H,50,64)(H,51,58)(H,52,61)(H,53,65)(H,54,63). The van der Waals surface area contributed by atoms with Crippen molar-refractivity contribution in [1.29, 1.82) is 0 Å². The number of aromatic nitrogens is 1. The highest BCUT2D eigenvalue weighted by molar-refractivity contribution is 9.09. The zero-order chi connectivity index (χ0) is 48.4. The van der Waals surface area contributed by atoms with Crippen LogP contribution in [-0.4, -0.2) is 118 Å². The van der Waals surface area contributed by atoms with Gasteiger partial charge in [-0.3, -0.25) is 38.4 Å². The van der Waals surface area contributed by atoms with Crippen molar-refractivity contribution >= 4 is 63.2 Å². The number of aliphatic hydroxyl groups is 1. The van der Waals surface area contributed by atoms with Gasteiger partial charge in [0.2, 0.25) is 47.3 Å². The molecule has 18 nitrogen and oxygen atoms in total. The molecule has 2 aromatic carbocycles. The molecular formula is C44H58BrF2N9O9. The summed E-state index contributed by atoms with van der Waals surface area (Å²) < 4.78 is 31.6. The summed E-state index contributed by atoms with van der Waals surface area (Å²) in [5, 5.41) is 25.3. The summed E-state index contributed by atoms with van der Waals surface area (Å²) in [4.78, 5) is 103. The zero-order valence-corrected chi connectivity index (χ0v) is 38.6. The molecule has 3 aromatic rings. The van der Waals surface area contributed by atoms with Crippen LogP contribution in [0.15, 0.2) is 60.8 Å². The number of alkyl halides is 1. The lowest BCUT2D eigenvalue weighted by Crippen LogP contribution is -2.58. The highest BCUT2D eigenvalue weighted by Crippen LogP contribution is 2.41. The Morgan fingerprint density at radius 3 is 2.12 bits per heavy atom. The number of carbonyl (C=O) groups excluding carboxylic acids is 8. The van der Waals surface area contributed by atoms with E-state index in [1.54, 1.807) is 16.8 Å². The van der Waals surface area contributed by atoms with Gasteiger partial charge in [-0.05, 0) is 55.0 Å². The predicted molar refractivity (Wildman–Crippen MR) is 239 cm³/mol. The number of nitrogens with one attached hydrogen (secondary N) is 6. The van der Waals surface area contributed by atoms with E-state index in [4.69, 9.17) is 5.73 Å². The van der Waals surface area contributed by atoms with Crippen molar-refractivity contribution in [1.82, 2.24) is 41.4 Å². The first-order valence-electron chi connectivity index (χ1n) is 20.8. The Balaban J connectivity index is 2.04. The zero-order valence-electron chi connectivity index (χ0n) is 37.0. The maximum Gasteiger partial charge on any atom is 0.248 e. The van der Waals surface area contributed by atoms with Gasteiger partial charge in [0.15, 0.2) is 0 Å². The molecule has 0 saturated heterocycles. The van der Waals surface area contributed by atoms with Crippen LogP contribution in [0.5, 0.6) is 0 Å². The third-order valence-electron chi connectivity index (χ3n) is 9.93. The number of carbonyl (C=O) groups is 8. The van der Waals surface area contributed by atoms with E-state index >= 15 is 4.39 Å². The monoisotopic (exact) mass is 973 g/mol. The Kier molecular flexibility index (Phi) is 20.7. The fourth-order valence-corrected chi connectivity index (χ4v) is 7.08. The van der Waals surface area contributed by atoms with Crippen molar-refractivity contribution < 1.29 is 52.2 Å². The minimum Gasteiger partial charge on any atom is -0.387 e. The number of primary amides is 1. The van der Waals surface area contributed by atoms with Crippen molar-refractivity contribution in [3.8, 4) is 11.1 Å². The van der Waals surface area contributed by atoms with Crippen LogP contribution in [0.1, 0.15) is 71.2 Å². The number of benzene rings is 2. The predicted octanol–water partition coefficient (Wildman–Crippen LogP) is 1.28. The van der Waals surface area contributed by atoms with Gasteiger partial charge in [0.25, 0.3) is 0 Å². The lowest BCUT2D eigenvalue weighted by Gasteiger charge is -2.41. The lowest BCUT2D eigenvalue weighted by molar-refractivity contribution is -0.140. The molecule has 1 heterocycles. The molecule has 8 amide bonds. The van der Waals surface area contributed by atoms with E-state index in [1.807, 2.05) is 51.1 Å². The fourth-order valence-electron chi connectivity index (χ4n) is 6.88. The van der Waals surface area contributed by atoms with Gasteiger partial charge in [-0.15, -0.1) is 0 Å². The van der Waals surface area contributed by atoms with Gasteiger partial charge >= 0.3 is 0 Å². The van der Waals surface area contributed by atoms with E-state index in [9.17, 15) is 47.9 Å². The van der Waals surface area contributed by atoms with Gasteiger partial charge in [0.1, 0.15) is 36.4 Å². The van der Waals surface area contributed by atoms with Gasteiger partial charge in [-0.1, -0.05) is 67.0 Å². The van der Waals surface area contributed by atoms with Crippen LogP contribution < -0.4 is 37.6 Å². The third-order valence-corrected chi connectivity index (χ3v) is 10.4. The van der Waals surface area contributed by atoms with Crippen LogP contribution in [0.4, 0.5) is 8.78 Å². The molecule has 3 rings (SSSR count). The molecule has 0 bridgehead atoms. The molecular weight excluding hydrogens is 916 g/mol. The molecule has 1 aromatic heterocycles. The highest BCUT2D eigenvalue weighted by atomic mass is 79.9. The summed E-state index contributed by atoms with van der Waals surface area (Å²) in [7, 11) is 0. The summed E-state index contributed by atoms with van der Waals surface area (Å²) in [6.45, 7) is 6.76. The van der Waals surface area contributed by atoms with Gasteiger partial charge in [-0.25, -0.2) is 8.78 Å². The highest BCUT2D eigenvalue weighted by Gasteiger charge is 2.38. The average molecular weight is 975 g/mol. The molecule has 0 aliphatic heterocycles. The van der Waals surface area contributed by atoms with Gasteiger partial charge in [0, 0.05) is 56.1 Å². The minimum absolute atomic E-state index is 0.0290. The lowest BCUT2D eigenvalue weighted by atomic mass is 9.82. The van der Waals surface area contributed by atoms with Crippen LogP contribution in [0.3, 0.4) is 0 Å².